The number of non-ortho nitro benzene ring substituents is 1. The fourth-order valence-electron chi connectivity index (χ4n) is 2.64. The van der Waals surface area contributed by atoms with Crippen molar-refractivity contribution in [3.05, 3.63) is 38.4 Å². The fourth-order valence-corrected chi connectivity index (χ4v) is 2.64. The minimum absolute atomic E-state index is 0.158. The van der Waals surface area contributed by atoms with Gasteiger partial charge in [-0.25, -0.2) is 0 Å². The van der Waals surface area contributed by atoms with Crippen LogP contribution in [0.2, 0.25) is 0 Å². The van der Waals surface area contributed by atoms with Crippen LogP contribution in [0.1, 0.15) is 39.0 Å². The van der Waals surface area contributed by atoms with Gasteiger partial charge in [0, 0.05) is 11.8 Å². The van der Waals surface area contributed by atoms with Crippen LogP contribution < -0.4 is 5.43 Å². The maximum absolute atomic E-state index is 11.0. The van der Waals surface area contributed by atoms with Gasteiger partial charge < -0.3 is 0 Å². The highest BCUT2D eigenvalue weighted by Crippen LogP contribution is 2.29. The summed E-state index contributed by atoms with van der Waals surface area (Å²) in [6, 6.07) is 3.47. The van der Waals surface area contributed by atoms with E-state index in [1.54, 1.807) is 0 Å². The summed E-state index contributed by atoms with van der Waals surface area (Å²) in [6.07, 6.45) is 5.76. The van der Waals surface area contributed by atoms with Crippen molar-refractivity contribution in [3.63, 3.8) is 0 Å². The summed E-state index contributed by atoms with van der Waals surface area (Å²) >= 11 is 0. The average Bonchev–Trinajstić information content (AvgIpc) is 2.53. The lowest BCUT2D eigenvalue weighted by atomic mass is 9.86. The lowest BCUT2D eigenvalue weighted by molar-refractivity contribution is -0.393. The molecule has 118 valence electrons. The van der Waals surface area contributed by atoms with Crippen molar-refractivity contribution in [2.45, 2.75) is 39.0 Å². The largest absolute Gasteiger partial charge is 0.301 e. The van der Waals surface area contributed by atoms with Gasteiger partial charge in [-0.05, 0) is 31.7 Å². The number of benzene rings is 1. The van der Waals surface area contributed by atoms with Gasteiger partial charge in [-0.15, -0.1) is 0 Å². The Kier molecular flexibility index (Phi) is 5.03. The van der Waals surface area contributed by atoms with Crippen LogP contribution in [-0.4, -0.2) is 15.6 Å². The number of hydrazone groups is 1. The maximum Gasteiger partial charge on any atom is 0.301 e. The van der Waals surface area contributed by atoms with Gasteiger partial charge in [0.1, 0.15) is 5.69 Å². The molecule has 1 aromatic carbocycles. The number of hydrogen-bond donors (Lipinski definition) is 1. The van der Waals surface area contributed by atoms with E-state index < -0.39 is 9.85 Å². The van der Waals surface area contributed by atoms with E-state index in [9.17, 15) is 20.2 Å². The first-order valence-electron chi connectivity index (χ1n) is 7.22. The highest BCUT2D eigenvalue weighted by molar-refractivity contribution is 5.85. The smallest absolute Gasteiger partial charge is 0.272 e. The molecule has 1 N–H and O–H groups in total. The zero-order chi connectivity index (χ0) is 16.1. The van der Waals surface area contributed by atoms with Crippen LogP contribution in [0.15, 0.2) is 23.3 Å². The standard InChI is InChI=1S/C14H18N4O4/c1-10(11-5-3-2-4-6-11)15-16-13-8-7-12(17(19)20)9-14(13)18(21)22/h7-9,11,16H,2-6H2,1H3. The van der Waals surface area contributed by atoms with E-state index >= 15 is 0 Å². The SMILES string of the molecule is CC(=NNc1ccc([N+](=O)[O-])cc1[N+](=O)[O-])C1CCCCC1. The molecule has 0 spiro atoms. The Morgan fingerprint density at radius 2 is 1.86 bits per heavy atom. The van der Waals surface area contributed by atoms with Crippen LogP contribution in [-0.2, 0) is 0 Å². The van der Waals surface area contributed by atoms with Crippen molar-refractivity contribution in [2.75, 3.05) is 5.43 Å². The van der Waals surface area contributed by atoms with E-state index in [1.807, 2.05) is 6.92 Å². The third kappa shape index (κ3) is 3.78. The van der Waals surface area contributed by atoms with Gasteiger partial charge in [0.2, 0.25) is 0 Å². The maximum atomic E-state index is 11.0. The molecule has 0 heterocycles. The molecular formula is C14H18N4O4. The molecule has 8 heteroatoms. The zero-order valence-electron chi connectivity index (χ0n) is 12.3. The molecule has 22 heavy (non-hydrogen) atoms. The van der Waals surface area contributed by atoms with E-state index in [2.05, 4.69) is 10.5 Å². The molecule has 1 aliphatic rings. The first kappa shape index (κ1) is 15.9. The van der Waals surface area contributed by atoms with Gasteiger partial charge in [0.05, 0.1) is 15.9 Å². The average molecular weight is 306 g/mol. The topological polar surface area (TPSA) is 111 Å². The number of anilines is 1. The van der Waals surface area contributed by atoms with Crippen LogP contribution in [0, 0.1) is 26.1 Å². The molecule has 0 aromatic heterocycles. The molecule has 8 nitrogen and oxygen atoms in total. The summed E-state index contributed by atoms with van der Waals surface area (Å²) in [7, 11) is 0. The van der Waals surface area contributed by atoms with Gasteiger partial charge in [-0.1, -0.05) is 19.3 Å². The summed E-state index contributed by atoms with van der Waals surface area (Å²) in [5.41, 5.74) is 3.08. The van der Waals surface area contributed by atoms with Crippen LogP contribution >= 0.6 is 0 Å². The molecule has 0 amide bonds. The Balaban J connectivity index is 2.17. The van der Waals surface area contributed by atoms with Crippen molar-refractivity contribution in [1.29, 1.82) is 0 Å². The summed E-state index contributed by atoms with van der Waals surface area (Å²) in [5, 5.41) is 26.0. The predicted molar refractivity (Wildman–Crippen MR) is 83.1 cm³/mol. The molecule has 1 saturated carbocycles. The zero-order valence-corrected chi connectivity index (χ0v) is 12.3. The number of nitro benzene ring substituents is 2. The Hall–Kier alpha value is -2.51. The van der Waals surface area contributed by atoms with Gasteiger partial charge in [-0.3, -0.25) is 25.7 Å². The molecule has 2 rings (SSSR count). The molecule has 0 unspecified atom stereocenters. The lowest BCUT2D eigenvalue weighted by Gasteiger charge is -2.21. The summed E-state index contributed by atoms with van der Waals surface area (Å²) < 4.78 is 0. The summed E-state index contributed by atoms with van der Waals surface area (Å²) in [6.45, 7) is 1.90. The summed E-state index contributed by atoms with van der Waals surface area (Å²) in [4.78, 5) is 20.4. The highest BCUT2D eigenvalue weighted by atomic mass is 16.6. The molecule has 1 fully saturated rings. The van der Waals surface area contributed by atoms with Crippen LogP contribution in [0.5, 0.6) is 0 Å². The second kappa shape index (κ2) is 6.97. The molecule has 0 bridgehead atoms. The second-order valence-electron chi connectivity index (χ2n) is 5.42. The van der Waals surface area contributed by atoms with Gasteiger partial charge in [0.25, 0.3) is 5.69 Å². The number of hydrogen-bond acceptors (Lipinski definition) is 6. The molecule has 0 aliphatic heterocycles. The van der Waals surface area contributed by atoms with Crippen molar-refractivity contribution in [3.8, 4) is 0 Å². The predicted octanol–water partition coefficient (Wildman–Crippen LogP) is 3.87. The second-order valence-corrected chi connectivity index (χ2v) is 5.42. The van der Waals surface area contributed by atoms with Gasteiger partial charge in [0.15, 0.2) is 0 Å². The fraction of sp³-hybridized carbons (Fsp3) is 0.500. The van der Waals surface area contributed by atoms with Gasteiger partial charge >= 0.3 is 5.69 Å². The van der Waals surface area contributed by atoms with Crippen molar-refractivity contribution < 1.29 is 9.85 Å². The summed E-state index contributed by atoms with van der Waals surface area (Å²) in [5.74, 6) is 0.401. The lowest BCUT2D eigenvalue weighted by Crippen LogP contribution is -2.16. The van der Waals surface area contributed by atoms with Crippen molar-refractivity contribution in [2.24, 2.45) is 11.0 Å². The Labute approximate surface area is 127 Å². The van der Waals surface area contributed by atoms with Crippen molar-refractivity contribution in [1.82, 2.24) is 0 Å². The van der Waals surface area contributed by atoms with E-state index in [0.29, 0.717) is 5.92 Å². The Morgan fingerprint density at radius 1 is 1.18 bits per heavy atom. The normalized spacial score (nSPS) is 16.3. The monoisotopic (exact) mass is 306 g/mol. The van der Waals surface area contributed by atoms with E-state index in [4.69, 9.17) is 0 Å². The number of nitro groups is 2. The number of rotatable bonds is 5. The number of nitrogens with zero attached hydrogens (tertiary/aromatic N) is 3. The van der Waals surface area contributed by atoms with Crippen molar-refractivity contribution >= 4 is 22.8 Å². The first-order valence-corrected chi connectivity index (χ1v) is 7.22. The molecule has 0 saturated heterocycles. The van der Waals surface area contributed by atoms with Crippen LogP contribution in [0.4, 0.5) is 17.1 Å². The Bertz CT molecular complexity index is 609. The minimum atomic E-state index is -0.659. The number of nitrogens with one attached hydrogen (secondary N) is 1. The highest BCUT2D eigenvalue weighted by Gasteiger charge is 2.20. The third-order valence-corrected chi connectivity index (χ3v) is 3.94. The molecule has 1 aliphatic carbocycles. The quantitative estimate of drug-likeness (QED) is 0.504. The minimum Gasteiger partial charge on any atom is -0.272 e. The third-order valence-electron chi connectivity index (χ3n) is 3.94. The molecule has 0 atom stereocenters. The van der Waals surface area contributed by atoms with E-state index in [-0.39, 0.29) is 17.1 Å². The Morgan fingerprint density at radius 3 is 2.45 bits per heavy atom. The molecule has 0 radical (unpaired) electrons. The van der Waals surface area contributed by atoms with Gasteiger partial charge in [-0.2, -0.15) is 5.10 Å². The van der Waals surface area contributed by atoms with Crippen LogP contribution in [0.3, 0.4) is 0 Å². The van der Waals surface area contributed by atoms with E-state index in [1.165, 1.54) is 31.4 Å². The first-order chi connectivity index (χ1) is 10.5. The molecular weight excluding hydrogens is 288 g/mol. The van der Waals surface area contributed by atoms with E-state index in [0.717, 1.165) is 24.6 Å². The molecule has 1 aromatic rings. The van der Waals surface area contributed by atoms with Crippen LogP contribution in [0.25, 0.3) is 0 Å².